The molecule has 32 heavy (non-hydrogen) atoms. The zero-order valence-electron chi connectivity index (χ0n) is 17.4. The van der Waals surface area contributed by atoms with Crippen molar-refractivity contribution in [3.05, 3.63) is 53.9 Å². The summed E-state index contributed by atoms with van der Waals surface area (Å²) in [6, 6.07) is 3.52. The molecule has 0 radical (unpaired) electrons. The molecule has 1 saturated heterocycles. The number of urea groups is 1. The van der Waals surface area contributed by atoms with Gasteiger partial charge in [0, 0.05) is 24.9 Å². The standard InChI is InChI=1S/C20H21F3N4O4S/c1-12(16-8-9-24-10-13(16)11-26(2)3)17-18(28)27(19(29)25-17)14-4-6-15(7-5-14)32(30,31)20(21,22)23/h4-10,12,17H,11H2,1-3H3,(H,25,29). The van der Waals surface area contributed by atoms with Crippen LogP contribution in [0.25, 0.3) is 0 Å². The number of nitrogens with zero attached hydrogens (tertiary/aromatic N) is 3. The molecule has 2 heterocycles. The summed E-state index contributed by atoms with van der Waals surface area (Å²) in [6.07, 6.45) is 3.27. The third-order valence-corrected chi connectivity index (χ3v) is 6.60. The summed E-state index contributed by atoms with van der Waals surface area (Å²) >= 11 is 0. The summed E-state index contributed by atoms with van der Waals surface area (Å²) in [6.45, 7) is 2.35. The van der Waals surface area contributed by atoms with Crippen LogP contribution < -0.4 is 10.2 Å². The molecular weight excluding hydrogens is 449 g/mol. The fraction of sp³-hybridized carbons (Fsp3) is 0.350. The van der Waals surface area contributed by atoms with E-state index in [-0.39, 0.29) is 5.69 Å². The van der Waals surface area contributed by atoms with E-state index in [1.54, 1.807) is 25.4 Å². The smallest absolute Gasteiger partial charge is 0.325 e. The molecule has 0 bridgehead atoms. The minimum atomic E-state index is -5.53. The summed E-state index contributed by atoms with van der Waals surface area (Å²) in [4.78, 5) is 31.4. The number of rotatable bonds is 6. The van der Waals surface area contributed by atoms with Gasteiger partial charge in [0.2, 0.25) is 0 Å². The van der Waals surface area contributed by atoms with Crippen LogP contribution in [0.3, 0.4) is 0 Å². The van der Waals surface area contributed by atoms with Gasteiger partial charge < -0.3 is 10.2 Å². The van der Waals surface area contributed by atoms with E-state index in [4.69, 9.17) is 0 Å². The number of carbonyl (C=O) groups excluding carboxylic acids is 2. The van der Waals surface area contributed by atoms with Gasteiger partial charge in [0.15, 0.2) is 0 Å². The minimum absolute atomic E-state index is 0.0356. The Morgan fingerprint density at radius 2 is 1.78 bits per heavy atom. The zero-order chi connectivity index (χ0) is 23.8. The lowest BCUT2D eigenvalue weighted by Crippen LogP contribution is -2.35. The lowest BCUT2D eigenvalue weighted by molar-refractivity contribution is -0.118. The van der Waals surface area contributed by atoms with Gasteiger partial charge in [-0.05, 0) is 55.6 Å². The number of halogens is 3. The first-order valence-electron chi connectivity index (χ1n) is 9.48. The number of imide groups is 1. The lowest BCUT2D eigenvalue weighted by Gasteiger charge is -2.22. The molecular formula is C20H21F3N4O4S. The fourth-order valence-electron chi connectivity index (χ4n) is 3.52. The molecule has 172 valence electrons. The van der Waals surface area contributed by atoms with E-state index in [2.05, 4.69) is 10.3 Å². The molecule has 1 N–H and O–H groups in total. The van der Waals surface area contributed by atoms with Crippen molar-refractivity contribution in [3.63, 3.8) is 0 Å². The Hall–Kier alpha value is -2.99. The minimum Gasteiger partial charge on any atom is -0.325 e. The number of aromatic nitrogens is 1. The van der Waals surface area contributed by atoms with Crippen molar-refractivity contribution < 1.29 is 31.2 Å². The molecule has 0 spiro atoms. The largest absolute Gasteiger partial charge is 0.501 e. The van der Waals surface area contributed by atoms with Crippen molar-refractivity contribution >= 4 is 27.5 Å². The average Bonchev–Trinajstić information content (AvgIpc) is 3.00. The molecule has 2 unspecified atom stereocenters. The van der Waals surface area contributed by atoms with Crippen LogP contribution >= 0.6 is 0 Å². The van der Waals surface area contributed by atoms with Gasteiger partial charge in [-0.25, -0.2) is 18.1 Å². The van der Waals surface area contributed by atoms with Gasteiger partial charge in [-0.1, -0.05) is 6.92 Å². The van der Waals surface area contributed by atoms with Crippen LogP contribution in [0.4, 0.5) is 23.7 Å². The highest BCUT2D eigenvalue weighted by atomic mass is 32.2. The number of carbonyl (C=O) groups is 2. The molecule has 1 aromatic carbocycles. The van der Waals surface area contributed by atoms with Gasteiger partial charge in [-0.15, -0.1) is 0 Å². The molecule has 3 amide bonds. The third kappa shape index (κ3) is 4.32. The molecule has 8 nitrogen and oxygen atoms in total. The second-order valence-electron chi connectivity index (χ2n) is 7.64. The van der Waals surface area contributed by atoms with Crippen LogP contribution in [-0.4, -0.2) is 55.9 Å². The van der Waals surface area contributed by atoms with Gasteiger partial charge in [-0.3, -0.25) is 9.78 Å². The van der Waals surface area contributed by atoms with Crippen molar-refractivity contribution in [1.29, 1.82) is 0 Å². The van der Waals surface area contributed by atoms with E-state index in [0.717, 1.165) is 28.2 Å². The van der Waals surface area contributed by atoms with Gasteiger partial charge >= 0.3 is 11.5 Å². The topological polar surface area (TPSA) is 99.7 Å². The van der Waals surface area contributed by atoms with Crippen molar-refractivity contribution in [1.82, 2.24) is 15.2 Å². The molecule has 3 rings (SSSR count). The summed E-state index contributed by atoms with van der Waals surface area (Å²) in [5, 5.41) is 2.61. The predicted molar refractivity (Wildman–Crippen MR) is 110 cm³/mol. The average molecular weight is 470 g/mol. The van der Waals surface area contributed by atoms with E-state index in [0.29, 0.717) is 18.7 Å². The number of alkyl halides is 3. The molecule has 1 aromatic heterocycles. The maximum Gasteiger partial charge on any atom is 0.501 e. The normalized spacial score (nSPS) is 18.2. The molecule has 0 aliphatic carbocycles. The summed E-state index contributed by atoms with van der Waals surface area (Å²) in [5.41, 5.74) is -3.79. The Bertz CT molecular complexity index is 1130. The van der Waals surface area contributed by atoms with Crippen molar-refractivity contribution in [3.8, 4) is 0 Å². The number of pyridine rings is 1. The van der Waals surface area contributed by atoms with Crippen molar-refractivity contribution in [2.24, 2.45) is 0 Å². The van der Waals surface area contributed by atoms with Crippen LogP contribution in [0, 0.1) is 0 Å². The molecule has 2 aromatic rings. The molecule has 1 aliphatic heterocycles. The first kappa shape index (κ1) is 23.7. The van der Waals surface area contributed by atoms with E-state index >= 15 is 0 Å². The highest BCUT2D eigenvalue weighted by Crippen LogP contribution is 2.33. The second kappa shape index (κ2) is 8.51. The highest BCUT2D eigenvalue weighted by molar-refractivity contribution is 7.92. The maximum absolute atomic E-state index is 13.0. The number of sulfone groups is 1. The van der Waals surface area contributed by atoms with E-state index in [1.165, 1.54) is 0 Å². The Kier molecular flexibility index (Phi) is 6.29. The lowest BCUT2D eigenvalue weighted by atomic mass is 9.90. The molecule has 2 atom stereocenters. The number of benzene rings is 1. The van der Waals surface area contributed by atoms with Gasteiger partial charge in [0.05, 0.1) is 10.6 Å². The first-order chi connectivity index (χ1) is 14.8. The second-order valence-corrected chi connectivity index (χ2v) is 9.59. The van der Waals surface area contributed by atoms with E-state index < -0.39 is 44.1 Å². The molecule has 12 heteroatoms. The van der Waals surface area contributed by atoms with Crippen molar-refractivity contribution in [2.75, 3.05) is 19.0 Å². The van der Waals surface area contributed by atoms with E-state index in [1.807, 2.05) is 19.0 Å². The van der Waals surface area contributed by atoms with Crippen molar-refractivity contribution in [2.45, 2.75) is 35.8 Å². The monoisotopic (exact) mass is 470 g/mol. The summed E-state index contributed by atoms with van der Waals surface area (Å²) in [5.74, 6) is -1.01. The fourth-order valence-corrected chi connectivity index (χ4v) is 4.29. The van der Waals surface area contributed by atoms with Crippen LogP contribution in [0.15, 0.2) is 47.6 Å². The molecule has 0 saturated carbocycles. The van der Waals surface area contributed by atoms with Crippen LogP contribution in [0.5, 0.6) is 0 Å². The quantitative estimate of drug-likeness (QED) is 0.652. The molecule has 1 aliphatic rings. The predicted octanol–water partition coefficient (Wildman–Crippen LogP) is 2.67. The third-order valence-electron chi connectivity index (χ3n) is 5.10. The zero-order valence-corrected chi connectivity index (χ0v) is 18.2. The summed E-state index contributed by atoms with van der Waals surface area (Å²) < 4.78 is 61.3. The number of nitrogens with one attached hydrogen (secondary N) is 1. The van der Waals surface area contributed by atoms with Crippen LogP contribution in [-0.2, 0) is 21.2 Å². The van der Waals surface area contributed by atoms with Gasteiger partial charge in [-0.2, -0.15) is 13.2 Å². The summed E-state index contributed by atoms with van der Waals surface area (Å²) in [7, 11) is -1.77. The van der Waals surface area contributed by atoms with Crippen LogP contribution in [0.2, 0.25) is 0 Å². The Morgan fingerprint density at radius 1 is 1.16 bits per heavy atom. The van der Waals surface area contributed by atoms with Crippen LogP contribution in [0.1, 0.15) is 24.0 Å². The molecule has 1 fully saturated rings. The van der Waals surface area contributed by atoms with Gasteiger partial charge in [0.1, 0.15) is 6.04 Å². The van der Waals surface area contributed by atoms with E-state index in [9.17, 15) is 31.2 Å². The Balaban J connectivity index is 1.87. The maximum atomic E-state index is 13.0. The number of hydrogen-bond donors (Lipinski definition) is 1. The SMILES string of the molecule is CC(c1ccncc1CN(C)C)C1NC(=O)N(c2ccc(S(=O)(=O)C(F)(F)F)cc2)C1=O. The first-order valence-corrected chi connectivity index (χ1v) is 11.0. The number of anilines is 1. The highest BCUT2D eigenvalue weighted by Gasteiger charge is 2.47. The Morgan fingerprint density at radius 3 is 2.34 bits per heavy atom. The number of hydrogen-bond acceptors (Lipinski definition) is 6. The van der Waals surface area contributed by atoms with Gasteiger partial charge in [0.25, 0.3) is 15.7 Å². The number of amides is 3. The Labute approximate surface area is 183 Å².